The lowest BCUT2D eigenvalue weighted by molar-refractivity contribution is -0.150. The third kappa shape index (κ3) is 2.89. The first kappa shape index (κ1) is 17.2. The van der Waals surface area contributed by atoms with Gasteiger partial charge in [-0.3, -0.25) is 9.59 Å². The number of allylic oxidation sites excluding steroid dienone is 5. The van der Waals surface area contributed by atoms with E-state index in [1.807, 2.05) is 6.92 Å². The number of carbonyl (C=O) groups excluding carboxylic acids is 2. The standard InChI is InChI=1S/C21H28O3/c1-12(2)10-15-19(21(15,4)5)20(23)24-17-11-16(22)18(13(17)3)14-8-6-7-9-14/h6,8,10,14-15,17,19H,7,9,11H2,1-5H3. The van der Waals surface area contributed by atoms with Gasteiger partial charge in [-0.05, 0) is 50.5 Å². The Bertz CT molecular complexity index is 659. The summed E-state index contributed by atoms with van der Waals surface area (Å²) in [6.45, 7) is 10.3. The maximum Gasteiger partial charge on any atom is 0.310 e. The Kier molecular flexibility index (Phi) is 4.31. The fourth-order valence-corrected chi connectivity index (χ4v) is 4.34. The average Bonchev–Trinajstić information content (AvgIpc) is 2.87. The third-order valence-electron chi connectivity index (χ3n) is 5.90. The number of rotatable bonds is 4. The van der Waals surface area contributed by atoms with Crippen LogP contribution in [0, 0.1) is 23.2 Å². The Labute approximate surface area is 144 Å². The van der Waals surface area contributed by atoms with E-state index in [1.54, 1.807) is 0 Å². The molecule has 0 aromatic rings. The van der Waals surface area contributed by atoms with Crippen LogP contribution in [0.5, 0.6) is 0 Å². The quantitative estimate of drug-likeness (QED) is 0.568. The van der Waals surface area contributed by atoms with Crippen LogP contribution in [0.25, 0.3) is 0 Å². The van der Waals surface area contributed by atoms with Crippen LogP contribution in [0.15, 0.2) is 34.9 Å². The average molecular weight is 328 g/mol. The van der Waals surface area contributed by atoms with E-state index in [4.69, 9.17) is 4.74 Å². The molecule has 0 heterocycles. The minimum Gasteiger partial charge on any atom is -0.457 e. The van der Waals surface area contributed by atoms with Crippen LogP contribution < -0.4 is 0 Å². The first-order valence-corrected chi connectivity index (χ1v) is 8.99. The van der Waals surface area contributed by atoms with Gasteiger partial charge in [-0.1, -0.05) is 37.6 Å². The van der Waals surface area contributed by atoms with E-state index in [0.29, 0.717) is 6.42 Å². The van der Waals surface area contributed by atoms with Crippen LogP contribution in [0.1, 0.15) is 53.9 Å². The van der Waals surface area contributed by atoms with Crippen LogP contribution in [0.2, 0.25) is 0 Å². The number of esters is 1. The number of hydrogen-bond donors (Lipinski definition) is 0. The molecule has 0 aromatic carbocycles. The Morgan fingerprint density at radius 2 is 2.04 bits per heavy atom. The van der Waals surface area contributed by atoms with Crippen molar-refractivity contribution in [2.75, 3.05) is 0 Å². The molecule has 0 N–H and O–H groups in total. The van der Waals surface area contributed by atoms with Crippen LogP contribution >= 0.6 is 0 Å². The molecule has 4 unspecified atom stereocenters. The van der Waals surface area contributed by atoms with E-state index in [2.05, 4.69) is 45.9 Å². The number of Topliss-reactive ketones (excluding diaryl/α,β-unsaturated/α-hetero) is 1. The van der Waals surface area contributed by atoms with Crippen molar-refractivity contribution >= 4 is 11.8 Å². The normalized spacial score (nSPS) is 33.8. The summed E-state index contributed by atoms with van der Waals surface area (Å²) < 4.78 is 5.78. The summed E-state index contributed by atoms with van der Waals surface area (Å²) in [6.07, 6.45) is 8.40. The molecule has 130 valence electrons. The Balaban J connectivity index is 1.71. The molecule has 3 aliphatic rings. The van der Waals surface area contributed by atoms with Crippen molar-refractivity contribution < 1.29 is 14.3 Å². The van der Waals surface area contributed by atoms with Crippen molar-refractivity contribution in [3.05, 3.63) is 34.9 Å². The second-order valence-corrected chi connectivity index (χ2v) is 8.33. The molecule has 3 aliphatic carbocycles. The minimum absolute atomic E-state index is 0.0500. The molecule has 24 heavy (non-hydrogen) atoms. The van der Waals surface area contributed by atoms with Gasteiger partial charge in [-0.15, -0.1) is 0 Å². The van der Waals surface area contributed by atoms with Gasteiger partial charge in [0.05, 0.1) is 12.3 Å². The lowest BCUT2D eigenvalue weighted by Gasteiger charge is -2.14. The van der Waals surface area contributed by atoms with Gasteiger partial charge in [-0.2, -0.15) is 0 Å². The van der Waals surface area contributed by atoms with Crippen molar-refractivity contribution in [2.24, 2.45) is 23.2 Å². The highest BCUT2D eigenvalue weighted by Crippen LogP contribution is 2.60. The van der Waals surface area contributed by atoms with Gasteiger partial charge in [-0.25, -0.2) is 0 Å². The molecule has 4 atom stereocenters. The lowest BCUT2D eigenvalue weighted by Crippen LogP contribution is -2.20. The summed E-state index contributed by atoms with van der Waals surface area (Å²) in [4.78, 5) is 25.0. The zero-order chi connectivity index (χ0) is 17.6. The summed E-state index contributed by atoms with van der Waals surface area (Å²) in [5, 5.41) is 0. The Hall–Kier alpha value is -1.64. The third-order valence-corrected chi connectivity index (χ3v) is 5.90. The highest BCUT2D eigenvalue weighted by atomic mass is 16.5. The van der Waals surface area contributed by atoms with Crippen LogP contribution in [-0.4, -0.2) is 17.9 Å². The fraction of sp³-hybridized carbons (Fsp3) is 0.619. The minimum atomic E-state index is -0.363. The summed E-state index contributed by atoms with van der Waals surface area (Å²) in [7, 11) is 0. The van der Waals surface area contributed by atoms with E-state index in [1.165, 1.54) is 5.57 Å². The summed E-state index contributed by atoms with van der Waals surface area (Å²) in [5.74, 6) is 0.372. The molecule has 0 aromatic heterocycles. The second-order valence-electron chi connectivity index (χ2n) is 8.33. The first-order valence-electron chi connectivity index (χ1n) is 8.99. The zero-order valence-electron chi connectivity index (χ0n) is 15.4. The second kappa shape index (κ2) is 6.02. The monoisotopic (exact) mass is 328 g/mol. The van der Waals surface area contributed by atoms with Gasteiger partial charge in [0.15, 0.2) is 5.78 Å². The van der Waals surface area contributed by atoms with Crippen molar-refractivity contribution in [3.63, 3.8) is 0 Å². The van der Waals surface area contributed by atoms with E-state index in [9.17, 15) is 9.59 Å². The predicted octanol–water partition coefficient (Wildman–Crippen LogP) is 4.39. The van der Waals surface area contributed by atoms with Crippen molar-refractivity contribution in [2.45, 2.75) is 60.0 Å². The van der Waals surface area contributed by atoms with Crippen molar-refractivity contribution in [3.8, 4) is 0 Å². The van der Waals surface area contributed by atoms with Crippen LogP contribution in [-0.2, 0) is 14.3 Å². The Morgan fingerprint density at radius 3 is 2.62 bits per heavy atom. The van der Waals surface area contributed by atoms with Crippen molar-refractivity contribution in [1.82, 2.24) is 0 Å². The first-order chi connectivity index (χ1) is 11.2. The fourth-order valence-electron chi connectivity index (χ4n) is 4.34. The smallest absolute Gasteiger partial charge is 0.310 e. The zero-order valence-corrected chi connectivity index (χ0v) is 15.4. The molecule has 1 fully saturated rings. The molecule has 0 spiro atoms. The molecule has 0 saturated heterocycles. The molecule has 1 saturated carbocycles. The maximum atomic E-state index is 12.6. The van der Waals surface area contributed by atoms with Gasteiger partial charge in [0, 0.05) is 11.5 Å². The summed E-state index contributed by atoms with van der Waals surface area (Å²) in [5.41, 5.74) is 3.02. The van der Waals surface area contributed by atoms with Crippen LogP contribution in [0.3, 0.4) is 0 Å². The topological polar surface area (TPSA) is 43.4 Å². The molecule has 3 rings (SSSR count). The van der Waals surface area contributed by atoms with Gasteiger partial charge < -0.3 is 4.74 Å². The SMILES string of the molecule is CC(C)=CC1C(C(=O)OC2CC(=O)C(C3C=CCC3)=C2C)C1(C)C. The van der Waals surface area contributed by atoms with Gasteiger partial charge >= 0.3 is 5.97 Å². The molecular weight excluding hydrogens is 300 g/mol. The van der Waals surface area contributed by atoms with E-state index >= 15 is 0 Å². The van der Waals surface area contributed by atoms with E-state index in [-0.39, 0.29) is 41.0 Å². The van der Waals surface area contributed by atoms with E-state index in [0.717, 1.165) is 24.0 Å². The van der Waals surface area contributed by atoms with Crippen molar-refractivity contribution in [1.29, 1.82) is 0 Å². The predicted molar refractivity (Wildman–Crippen MR) is 94.3 cm³/mol. The summed E-state index contributed by atoms with van der Waals surface area (Å²) in [6, 6.07) is 0. The van der Waals surface area contributed by atoms with Gasteiger partial charge in [0.1, 0.15) is 6.10 Å². The molecule has 3 nitrogen and oxygen atoms in total. The molecule has 0 aliphatic heterocycles. The number of ether oxygens (including phenoxy) is 1. The van der Waals surface area contributed by atoms with E-state index < -0.39 is 0 Å². The molecule has 3 heteroatoms. The summed E-state index contributed by atoms with van der Waals surface area (Å²) >= 11 is 0. The van der Waals surface area contributed by atoms with Gasteiger partial charge in [0.25, 0.3) is 0 Å². The maximum absolute atomic E-state index is 12.6. The Morgan fingerprint density at radius 1 is 1.33 bits per heavy atom. The largest absolute Gasteiger partial charge is 0.457 e. The number of carbonyl (C=O) groups is 2. The number of hydrogen-bond acceptors (Lipinski definition) is 3. The molecule has 0 amide bonds. The lowest BCUT2D eigenvalue weighted by atomic mass is 9.95. The highest BCUT2D eigenvalue weighted by Gasteiger charge is 2.61. The molecule has 0 radical (unpaired) electrons. The number of ketones is 1. The highest BCUT2D eigenvalue weighted by molar-refractivity contribution is 6.00. The van der Waals surface area contributed by atoms with Gasteiger partial charge in [0.2, 0.25) is 0 Å². The van der Waals surface area contributed by atoms with Crippen LogP contribution in [0.4, 0.5) is 0 Å². The molecule has 0 bridgehead atoms. The molecular formula is C21H28O3.